The minimum absolute atomic E-state index is 0.0676. The van der Waals surface area contributed by atoms with Gasteiger partial charge < -0.3 is 10.5 Å². The van der Waals surface area contributed by atoms with Crippen molar-refractivity contribution in [2.45, 2.75) is 0 Å². The van der Waals surface area contributed by atoms with Crippen molar-refractivity contribution in [3.63, 3.8) is 0 Å². The van der Waals surface area contributed by atoms with Gasteiger partial charge in [-0.2, -0.15) is 0 Å². The molecule has 0 fully saturated rings. The number of hydrogen-bond acceptors (Lipinski definition) is 4. The van der Waals surface area contributed by atoms with E-state index in [4.69, 9.17) is 15.3 Å². The van der Waals surface area contributed by atoms with E-state index in [-0.39, 0.29) is 5.84 Å². The number of oxime groups is 1. The zero-order valence-corrected chi connectivity index (χ0v) is 10.3. The van der Waals surface area contributed by atoms with Crippen molar-refractivity contribution in [1.29, 1.82) is 0 Å². The molecule has 0 aliphatic carbocycles. The van der Waals surface area contributed by atoms with E-state index in [9.17, 15) is 4.79 Å². The number of carbonyl (C=O) groups is 1. The predicted octanol–water partition coefficient (Wildman–Crippen LogP) is 1.80. The van der Waals surface area contributed by atoms with Gasteiger partial charge in [-0.15, -0.1) is 0 Å². The fraction of sp³-hybridized carbons (Fsp3) is 0.0769. The Morgan fingerprint density at radius 3 is 2.58 bits per heavy atom. The molecule has 2 N–H and O–H groups in total. The highest BCUT2D eigenvalue weighted by Gasteiger charge is 2.08. The van der Waals surface area contributed by atoms with Crippen LogP contribution in [0, 0.1) is 0 Å². The first-order chi connectivity index (χ1) is 9.22. The lowest BCUT2D eigenvalue weighted by atomic mass is 10.2. The lowest BCUT2D eigenvalue weighted by molar-refractivity contribution is 0.152. The van der Waals surface area contributed by atoms with E-state index in [0.29, 0.717) is 11.3 Å². The number of ether oxygens (including phenoxy) is 1. The Morgan fingerprint density at radius 2 is 1.89 bits per heavy atom. The van der Waals surface area contributed by atoms with Crippen molar-refractivity contribution in [3.8, 4) is 5.75 Å². The lowest BCUT2D eigenvalue weighted by Crippen LogP contribution is -2.17. The maximum absolute atomic E-state index is 11.5. The normalized spacial score (nSPS) is 11.1. The van der Waals surface area contributed by atoms with E-state index in [1.165, 1.54) is 11.7 Å². The molecule has 0 saturated heterocycles. The minimum Gasteiger partial charge on any atom is -0.496 e. The Morgan fingerprint density at radius 1 is 1.21 bits per heavy atom. The number of hydrogen-bond donors (Lipinski definition) is 1. The number of para-hydroxylation sites is 1. The van der Waals surface area contributed by atoms with Gasteiger partial charge in [0.15, 0.2) is 5.84 Å². The van der Waals surface area contributed by atoms with Crippen molar-refractivity contribution in [2.24, 2.45) is 10.9 Å². The van der Waals surface area contributed by atoms with Crippen LogP contribution in [0.15, 0.2) is 53.9 Å². The average Bonchev–Trinajstić information content (AvgIpc) is 2.98. The second kappa shape index (κ2) is 5.72. The van der Waals surface area contributed by atoms with Crippen molar-refractivity contribution < 1.29 is 14.4 Å². The largest absolute Gasteiger partial charge is 0.496 e. The van der Waals surface area contributed by atoms with Crippen LogP contribution in [0.3, 0.4) is 0 Å². The van der Waals surface area contributed by atoms with E-state index < -0.39 is 6.09 Å². The second-order valence-corrected chi connectivity index (χ2v) is 3.62. The summed E-state index contributed by atoms with van der Waals surface area (Å²) in [5.74, 6) is 0.624. The monoisotopic (exact) mass is 259 g/mol. The van der Waals surface area contributed by atoms with Crippen LogP contribution < -0.4 is 10.5 Å². The van der Waals surface area contributed by atoms with E-state index >= 15 is 0 Å². The second-order valence-electron chi connectivity index (χ2n) is 3.62. The molecule has 0 atom stereocenters. The van der Waals surface area contributed by atoms with Crippen LogP contribution in [0.2, 0.25) is 0 Å². The first kappa shape index (κ1) is 12.7. The molecule has 2 rings (SSSR count). The van der Waals surface area contributed by atoms with Crippen molar-refractivity contribution in [1.82, 2.24) is 4.57 Å². The molecule has 0 saturated carbocycles. The molecular formula is C13H13N3O3. The lowest BCUT2D eigenvalue weighted by Gasteiger charge is -2.06. The van der Waals surface area contributed by atoms with Crippen LogP contribution >= 0.6 is 0 Å². The molecule has 0 aliphatic rings. The summed E-state index contributed by atoms with van der Waals surface area (Å²) in [5, 5.41) is 3.60. The molecular weight excluding hydrogens is 246 g/mol. The molecule has 98 valence electrons. The Hall–Kier alpha value is -2.76. The van der Waals surface area contributed by atoms with E-state index in [1.807, 2.05) is 0 Å². The number of aromatic nitrogens is 1. The van der Waals surface area contributed by atoms with Gasteiger partial charge in [-0.05, 0) is 24.3 Å². The Bertz CT molecular complexity index is 591. The minimum atomic E-state index is -0.636. The number of carbonyl (C=O) groups excluding carboxylic acids is 1. The van der Waals surface area contributed by atoms with E-state index in [1.54, 1.807) is 48.8 Å². The summed E-state index contributed by atoms with van der Waals surface area (Å²) in [5.41, 5.74) is 6.32. The Kier molecular flexibility index (Phi) is 3.82. The van der Waals surface area contributed by atoms with Gasteiger partial charge in [0.1, 0.15) is 5.75 Å². The first-order valence-corrected chi connectivity index (χ1v) is 5.53. The molecule has 19 heavy (non-hydrogen) atoms. The third-order valence-corrected chi connectivity index (χ3v) is 2.42. The van der Waals surface area contributed by atoms with Gasteiger partial charge in [-0.3, -0.25) is 9.40 Å². The number of benzene rings is 1. The first-order valence-electron chi connectivity index (χ1n) is 5.53. The molecule has 0 bridgehead atoms. The fourth-order valence-corrected chi connectivity index (χ4v) is 1.50. The number of rotatable bonds is 3. The van der Waals surface area contributed by atoms with E-state index in [2.05, 4.69) is 5.16 Å². The van der Waals surface area contributed by atoms with Gasteiger partial charge in [-0.1, -0.05) is 17.3 Å². The van der Waals surface area contributed by atoms with Gasteiger partial charge in [0.25, 0.3) is 0 Å². The molecule has 1 aromatic carbocycles. The van der Waals surface area contributed by atoms with Crippen LogP contribution in [-0.2, 0) is 4.84 Å². The summed E-state index contributed by atoms with van der Waals surface area (Å²) in [6.07, 6.45) is 2.47. The zero-order chi connectivity index (χ0) is 13.7. The summed E-state index contributed by atoms with van der Waals surface area (Å²) in [7, 11) is 1.53. The highest BCUT2D eigenvalue weighted by Crippen LogP contribution is 2.16. The number of nitrogens with two attached hydrogens (primary N) is 1. The average molecular weight is 259 g/mol. The van der Waals surface area contributed by atoms with Gasteiger partial charge in [0, 0.05) is 12.4 Å². The SMILES string of the molecule is COc1ccccc1C(N)=NOC(=O)n1cccc1. The van der Waals surface area contributed by atoms with Gasteiger partial charge in [0.2, 0.25) is 0 Å². The maximum Gasteiger partial charge on any atom is 0.444 e. The molecule has 2 aromatic rings. The van der Waals surface area contributed by atoms with Crippen molar-refractivity contribution in [3.05, 3.63) is 54.4 Å². The molecule has 6 nitrogen and oxygen atoms in total. The fourth-order valence-electron chi connectivity index (χ4n) is 1.50. The molecule has 0 unspecified atom stereocenters. The van der Waals surface area contributed by atoms with Crippen molar-refractivity contribution in [2.75, 3.05) is 7.11 Å². The third-order valence-electron chi connectivity index (χ3n) is 2.42. The van der Waals surface area contributed by atoms with Gasteiger partial charge in [-0.25, -0.2) is 4.79 Å². The molecule has 0 spiro atoms. The standard InChI is InChI=1S/C13H13N3O3/c1-18-11-7-3-2-6-10(11)12(14)15-19-13(17)16-8-4-5-9-16/h2-9H,1H3,(H2,14,15). The summed E-state index contributed by atoms with van der Waals surface area (Å²) in [6.45, 7) is 0. The Balaban J connectivity index is 2.13. The molecule has 1 aromatic heterocycles. The molecule has 1 heterocycles. The summed E-state index contributed by atoms with van der Waals surface area (Å²) in [4.78, 5) is 16.3. The molecule has 0 aliphatic heterocycles. The zero-order valence-electron chi connectivity index (χ0n) is 10.3. The quantitative estimate of drug-likeness (QED) is 0.394. The Labute approximate surface area is 110 Å². The van der Waals surface area contributed by atoms with Crippen LogP contribution in [0.1, 0.15) is 5.56 Å². The van der Waals surface area contributed by atoms with Crippen LogP contribution in [0.4, 0.5) is 4.79 Å². The molecule has 6 heteroatoms. The maximum atomic E-state index is 11.5. The topological polar surface area (TPSA) is 78.8 Å². The summed E-state index contributed by atoms with van der Waals surface area (Å²) >= 11 is 0. The van der Waals surface area contributed by atoms with Gasteiger partial charge in [0.05, 0.1) is 12.7 Å². The van der Waals surface area contributed by atoms with Gasteiger partial charge >= 0.3 is 6.09 Å². The summed E-state index contributed by atoms with van der Waals surface area (Å²) < 4.78 is 6.39. The van der Waals surface area contributed by atoms with Crippen LogP contribution in [0.5, 0.6) is 5.75 Å². The molecule has 0 radical (unpaired) electrons. The smallest absolute Gasteiger partial charge is 0.444 e. The van der Waals surface area contributed by atoms with Crippen LogP contribution in [-0.4, -0.2) is 23.6 Å². The van der Waals surface area contributed by atoms with E-state index in [0.717, 1.165) is 0 Å². The summed E-state index contributed by atoms with van der Waals surface area (Å²) in [6, 6.07) is 10.5. The predicted molar refractivity (Wildman–Crippen MR) is 70.0 cm³/mol. The molecule has 0 amide bonds. The highest BCUT2D eigenvalue weighted by molar-refractivity contribution is 5.99. The number of methoxy groups -OCH3 is 1. The number of amidine groups is 1. The third kappa shape index (κ3) is 2.92. The van der Waals surface area contributed by atoms with Crippen molar-refractivity contribution >= 4 is 11.9 Å². The van der Waals surface area contributed by atoms with Crippen LogP contribution in [0.25, 0.3) is 0 Å². The number of nitrogens with zero attached hydrogens (tertiary/aromatic N) is 2. The highest BCUT2D eigenvalue weighted by atomic mass is 16.7.